The maximum Gasteiger partial charge on any atom is 0.153 e. The third kappa shape index (κ3) is 2.94. The molecule has 0 atom stereocenters. The molecule has 0 saturated heterocycles. The fourth-order valence-corrected chi connectivity index (χ4v) is 3.27. The molecule has 21 heavy (non-hydrogen) atoms. The molecule has 2 heterocycles. The van der Waals surface area contributed by atoms with Gasteiger partial charge in [-0.15, -0.1) is 11.6 Å². The molecular formula is C15H13ClF2N2S. The van der Waals surface area contributed by atoms with E-state index in [2.05, 4.69) is 10.4 Å². The molecule has 2 aromatic heterocycles. The van der Waals surface area contributed by atoms with Crippen molar-refractivity contribution in [1.29, 1.82) is 0 Å². The first-order valence-corrected chi connectivity index (χ1v) is 8.08. The van der Waals surface area contributed by atoms with E-state index in [1.165, 1.54) is 11.6 Å². The molecule has 0 amide bonds. The van der Waals surface area contributed by atoms with Crippen LogP contribution in [0.15, 0.2) is 29.0 Å². The number of imidazole rings is 1. The number of rotatable bonds is 5. The van der Waals surface area contributed by atoms with Crippen molar-refractivity contribution in [2.75, 3.05) is 5.88 Å². The number of hydrogen-bond donors (Lipinski definition) is 0. The first-order valence-electron chi connectivity index (χ1n) is 6.60. The summed E-state index contributed by atoms with van der Waals surface area (Å²) < 4.78 is 29.2. The smallest absolute Gasteiger partial charge is 0.153 e. The van der Waals surface area contributed by atoms with Crippen LogP contribution in [0.1, 0.15) is 11.4 Å². The average molecular weight is 327 g/mol. The second-order valence-electron chi connectivity index (χ2n) is 4.76. The fraction of sp³-hybridized carbons (Fsp3) is 0.267. The van der Waals surface area contributed by atoms with E-state index in [9.17, 15) is 8.78 Å². The summed E-state index contributed by atoms with van der Waals surface area (Å²) in [6.45, 7) is 0.627. The summed E-state index contributed by atoms with van der Waals surface area (Å²) in [5.74, 6) is -0.129. The summed E-state index contributed by atoms with van der Waals surface area (Å²) in [4.78, 5) is 4.28. The van der Waals surface area contributed by atoms with Crippen LogP contribution in [0.3, 0.4) is 0 Å². The predicted octanol–water partition coefficient (Wildman–Crippen LogP) is 4.40. The molecule has 110 valence electrons. The lowest BCUT2D eigenvalue weighted by molar-refractivity contribution is 0.589. The van der Waals surface area contributed by atoms with Gasteiger partial charge in [0.15, 0.2) is 5.82 Å². The Balaban J connectivity index is 2.02. The van der Waals surface area contributed by atoms with E-state index in [0.29, 0.717) is 30.2 Å². The molecule has 3 rings (SSSR count). The summed E-state index contributed by atoms with van der Waals surface area (Å²) in [5, 5.41) is 4.09. The summed E-state index contributed by atoms with van der Waals surface area (Å²) in [7, 11) is 0. The van der Waals surface area contributed by atoms with Gasteiger partial charge in [-0.3, -0.25) is 0 Å². The molecule has 0 N–H and O–H groups in total. The van der Waals surface area contributed by atoms with Crippen molar-refractivity contribution >= 4 is 34.0 Å². The van der Waals surface area contributed by atoms with Crippen molar-refractivity contribution in [3.05, 3.63) is 52.0 Å². The third-order valence-electron chi connectivity index (χ3n) is 3.37. The van der Waals surface area contributed by atoms with Gasteiger partial charge in [0.25, 0.3) is 0 Å². The Morgan fingerprint density at radius 1 is 1.24 bits per heavy atom. The van der Waals surface area contributed by atoms with Crippen LogP contribution in [0.2, 0.25) is 0 Å². The molecule has 0 saturated carbocycles. The number of aryl methyl sites for hydroxylation is 3. The van der Waals surface area contributed by atoms with Crippen molar-refractivity contribution in [3.63, 3.8) is 0 Å². The molecule has 0 unspecified atom stereocenters. The Labute approximate surface area is 130 Å². The molecule has 0 fully saturated rings. The van der Waals surface area contributed by atoms with Crippen molar-refractivity contribution in [2.24, 2.45) is 0 Å². The lowest BCUT2D eigenvalue weighted by Crippen LogP contribution is -2.06. The first kappa shape index (κ1) is 14.5. The van der Waals surface area contributed by atoms with Crippen LogP contribution in [0, 0.1) is 11.6 Å². The van der Waals surface area contributed by atoms with Gasteiger partial charge in [-0.2, -0.15) is 11.3 Å². The number of fused-ring (bicyclic) bond motifs is 1. The van der Waals surface area contributed by atoms with Gasteiger partial charge in [0.2, 0.25) is 0 Å². The van der Waals surface area contributed by atoms with Gasteiger partial charge in [-0.1, -0.05) is 0 Å². The van der Waals surface area contributed by atoms with Crippen molar-refractivity contribution in [3.8, 4) is 0 Å². The van der Waals surface area contributed by atoms with Crippen LogP contribution in [-0.4, -0.2) is 15.4 Å². The van der Waals surface area contributed by atoms with E-state index in [-0.39, 0.29) is 5.52 Å². The minimum absolute atomic E-state index is 0.210. The van der Waals surface area contributed by atoms with Crippen LogP contribution < -0.4 is 0 Å². The lowest BCUT2D eigenvalue weighted by atomic mass is 10.2. The van der Waals surface area contributed by atoms with Crippen LogP contribution in [0.4, 0.5) is 8.78 Å². The monoisotopic (exact) mass is 326 g/mol. The van der Waals surface area contributed by atoms with Gasteiger partial charge in [0.05, 0.1) is 5.52 Å². The summed E-state index contributed by atoms with van der Waals surface area (Å²) >= 11 is 7.42. The molecule has 0 aliphatic carbocycles. The number of aromatic nitrogens is 2. The number of nitrogens with zero attached hydrogens (tertiary/aromatic N) is 2. The Hall–Kier alpha value is -1.46. The standard InChI is InChI=1S/C15H13ClF2N2S/c16-4-1-14-19-15-12(18)7-11(17)8-13(15)20(14)5-2-10-3-6-21-9-10/h3,6-9H,1-2,4-5H2. The number of alkyl halides is 1. The lowest BCUT2D eigenvalue weighted by Gasteiger charge is -2.08. The molecule has 0 radical (unpaired) electrons. The van der Waals surface area contributed by atoms with E-state index in [4.69, 9.17) is 11.6 Å². The molecule has 0 spiro atoms. The molecular weight excluding hydrogens is 314 g/mol. The first-order chi connectivity index (χ1) is 10.2. The van der Waals surface area contributed by atoms with Crippen LogP contribution in [-0.2, 0) is 19.4 Å². The Morgan fingerprint density at radius 2 is 2.10 bits per heavy atom. The molecule has 0 aliphatic rings. The van der Waals surface area contributed by atoms with Crippen molar-refractivity contribution < 1.29 is 8.78 Å². The highest BCUT2D eigenvalue weighted by Crippen LogP contribution is 2.22. The molecule has 3 aromatic rings. The maximum absolute atomic E-state index is 13.8. The summed E-state index contributed by atoms with van der Waals surface area (Å²) in [6.07, 6.45) is 1.32. The fourth-order valence-electron chi connectivity index (χ4n) is 2.40. The third-order valence-corrected chi connectivity index (χ3v) is 4.29. The minimum atomic E-state index is -0.630. The van der Waals surface area contributed by atoms with Gasteiger partial charge in [0.1, 0.15) is 17.2 Å². The number of halogens is 3. The van der Waals surface area contributed by atoms with Gasteiger partial charge in [-0.05, 0) is 34.9 Å². The minimum Gasteiger partial charge on any atom is -0.327 e. The molecule has 0 aliphatic heterocycles. The molecule has 6 heteroatoms. The summed E-state index contributed by atoms with van der Waals surface area (Å²) in [6, 6.07) is 4.24. The van der Waals surface area contributed by atoms with Crippen LogP contribution in [0.5, 0.6) is 0 Å². The van der Waals surface area contributed by atoms with E-state index in [1.54, 1.807) is 11.3 Å². The van der Waals surface area contributed by atoms with E-state index < -0.39 is 11.6 Å². The summed E-state index contributed by atoms with van der Waals surface area (Å²) in [5.41, 5.74) is 1.90. The van der Waals surface area contributed by atoms with Crippen LogP contribution in [0.25, 0.3) is 11.0 Å². The molecule has 1 aromatic carbocycles. The second kappa shape index (κ2) is 6.12. The number of hydrogen-bond acceptors (Lipinski definition) is 2. The zero-order valence-corrected chi connectivity index (χ0v) is 12.7. The predicted molar refractivity (Wildman–Crippen MR) is 82.1 cm³/mol. The molecule has 2 nitrogen and oxygen atoms in total. The average Bonchev–Trinajstić information content (AvgIpc) is 3.05. The van der Waals surface area contributed by atoms with E-state index in [1.807, 2.05) is 16.0 Å². The van der Waals surface area contributed by atoms with Crippen molar-refractivity contribution in [2.45, 2.75) is 19.4 Å². The highest BCUT2D eigenvalue weighted by molar-refractivity contribution is 7.07. The van der Waals surface area contributed by atoms with Crippen LogP contribution >= 0.6 is 22.9 Å². The quantitative estimate of drug-likeness (QED) is 0.635. The van der Waals surface area contributed by atoms with Gasteiger partial charge in [-0.25, -0.2) is 13.8 Å². The normalized spacial score (nSPS) is 11.4. The zero-order chi connectivity index (χ0) is 14.8. The van der Waals surface area contributed by atoms with Crippen molar-refractivity contribution in [1.82, 2.24) is 9.55 Å². The highest BCUT2D eigenvalue weighted by Gasteiger charge is 2.15. The highest BCUT2D eigenvalue weighted by atomic mass is 35.5. The topological polar surface area (TPSA) is 17.8 Å². The second-order valence-corrected chi connectivity index (χ2v) is 5.91. The largest absolute Gasteiger partial charge is 0.327 e. The van der Waals surface area contributed by atoms with Gasteiger partial charge < -0.3 is 4.57 Å². The SMILES string of the molecule is Fc1cc(F)c2nc(CCCl)n(CCc3ccsc3)c2c1. The zero-order valence-electron chi connectivity index (χ0n) is 11.2. The number of benzene rings is 1. The maximum atomic E-state index is 13.8. The van der Waals surface area contributed by atoms with E-state index in [0.717, 1.165) is 12.5 Å². The Kier molecular flexibility index (Phi) is 4.22. The van der Waals surface area contributed by atoms with Gasteiger partial charge >= 0.3 is 0 Å². The van der Waals surface area contributed by atoms with E-state index >= 15 is 0 Å². The Bertz CT molecular complexity index is 753. The Morgan fingerprint density at radius 3 is 2.81 bits per heavy atom. The number of thiophene rings is 1. The van der Waals surface area contributed by atoms with Gasteiger partial charge in [0, 0.05) is 24.9 Å². The molecule has 0 bridgehead atoms.